The van der Waals surface area contributed by atoms with E-state index in [1.54, 1.807) is 0 Å². The molecule has 3 heteroatoms. The Balaban J connectivity index is -0.000000245. The van der Waals surface area contributed by atoms with E-state index < -0.39 is 0 Å². The summed E-state index contributed by atoms with van der Waals surface area (Å²) >= 11 is 0. The van der Waals surface area contributed by atoms with Gasteiger partial charge in [-0.2, -0.15) is 0 Å². The molecular weight excluding hydrogens is 127 g/mol. The molecule has 0 saturated heterocycles. The van der Waals surface area contributed by atoms with Crippen molar-refractivity contribution in [3.05, 3.63) is 0 Å². The topological polar surface area (TPSA) is 26.3 Å². The Kier molecular flexibility index (Phi) is 11.5. The molecule has 9 heavy (non-hydrogen) atoms. The number of carbonyl (C=O) groups is 1. The Labute approximate surface area is 79.7 Å². The standard InChI is InChI=1S/C6H12O2.Na.H/c1-6(2)3-4-8-5-7;;/h5-6H,3-4H2,1-2H3;;/q;+1;-1. The summed E-state index contributed by atoms with van der Waals surface area (Å²) < 4.78 is 4.46. The van der Waals surface area contributed by atoms with Crippen LogP contribution in [0.15, 0.2) is 0 Å². The van der Waals surface area contributed by atoms with Crippen molar-refractivity contribution < 1.29 is 40.5 Å². The van der Waals surface area contributed by atoms with Crippen LogP contribution in [0.1, 0.15) is 21.7 Å². The Bertz CT molecular complexity index is 68.8. The molecule has 0 aliphatic heterocycles. The van der Waals surface area contributed by atoms with Gasteiger partial charge in [-0.3, -0.25) is 4.79 Å². The summed E-state index contributed by atoms with van der Waals surface area (Å²) in [6.07, 6.45) is 0.957. The minimum Gasteiger partial charge on any atom is -1.00 e. The Morgan fingerprint density at radius 2 is 2.22 bits per heavy atom. The fraction of sp³-hybridized carbons (Fsp3) is 0.833. The van der Waals surface area contributed by atoms with E-state index in [0.29, 0.717) is 19.0 Å². The number of hydrogen-bond donors (Lipinski definition) is 0. The van der Waals surface area contributed by atoms with E-state index in [0.717, 1.165) is 6.42 Å². The first-order valence-electron chi connectivity index (χ1n) is 2.82. The van der Waals surface area contributed by atoms with Gasteiger partial charge in [0.05, 0.1) is 6.61 Å². The van der Waals surface area contributed by atoms with Crippen LogP contribution in [0.2, 0.25) is 0 Å². The Hall–Kier alpha value is 0.470. The molecule has 2 nitrogen and oxygen atoms in total. The summed E-state index contributed by atoms with van der Waals surface area (Å²) in [7, 11) is 0. The molecule has 0 aromatic carbocycles. The zero-order chi connectivity index (χ0) is 6.41. The predicted molar refractivity (Wildman–Crippen MR) is 32.6 cm³/mol. The maximum Gasteiger partial charge on any atom is 1.00 e. The van der Waals surface area contributed by atoms with E-state index in [-0.39, 0.29) is 31.0 Å². The number of hydrogen-bond acceptors (Lipinski definition) is 2. The molecule has 0 aromatic heterocycles. The van der Waals surface area contributed by atoms with Crippen molar-refractivity contribution in [1.29, 1.82) is 0 Å². The summed E-state index contributed by atoms with van der Waals surface area (Å²) in [5.74, 6) is 0.620. The van der Waals surface area contributed by atoms with E-state index >= 15 is 0 Å². The average molecular weight is 140 g/mol. The van der Waals surface area contributed by atoms with Gasteiger partial charge >= 0.3 is 29.6 Å². The predicted octanol–water partition coefficient (Wildman–Crippen LogP) is -1.68. The molecule has 0 radical (unpaired) electrons. The van der Waals surface area contributed by atoms with Crippen LogP contribution >= 0.6 is 0 Å². The van der Waals surface area contributed by atoms with Crippen molar-refractivity contribution >= 4 is 6.47 Å². The van der Waals surface area contributed by atoms with Gasteiger partial charge in [0.25, 0.3) is 6.47 Å². The molecule has 0 atom stereocenters. The first-order chi connectivity index (χ1) is 3.77. The molecule has 0 fully saturated rings. The molecule has 0 spiro atoms. The van der Waals surface area contributed by atoms with Gasteiger partial charge in [-0.1, -0.05) is 13.8 Å². The minimum atomic E-state index is 0. The normalized spacial score (nSPS) is 8.33. The van der Waals surface area contributed by atoms with Crippen molar-refractivity contribution in [2.24, 2.45) is 5.92 Å². The molecule has 0 aliphatic carbocycles. The van der Waals surface area contributed by atoms with Gasteiger partial charge in [-0.15, -0.1) is 0 Å². The molecule has 0 heterocycles. The van der Waals surface area contributed by atoms with E-state index in [2.05, 4.69) is 18.6 Å². The first kappa shape index (κ1) is 12.2. The van der Waals surface area contributed by atoms with Crippen LogP contribution in [0.3, 0.4) is 0 Å². The molecule has 0 saturated carbocycles. The third kappa shape index (κ3) is 11.8. The molecule has 0 aromatic rings. The molecule has 0 aliphatic rings. The molecule has 0 unspecified atom stereocenters. The molecule has 50 valence electrons. The zero-order valence-electron chi connectivity index (χ0n) is 7.39. The van der Waals surface area contributed by atoms with Crippen LogP contribution in [0.25, 0.3) is 0 Å². The Morgan fingerprint density at radius 1 is 1.67 bits per heavy atom. The summed E-state index contributed by atoms with van der Waals surface area (Å²) in [5, 5.41) is 0. The van der Waals surface area contributed by atoms with Crippen LogP contribution in [-0.2, 0) is 9.53 Å². The van der Waals surface area contributed by atoms with Crippen molar-refractivity contribution in [3.63, 3.8) is 0 Å². The molecular formula is C6H13NaO2. The summed E-state index contributed by atoms with van der Waals surface area (Å²) in [6, 6.07) is 0. The van der Waals surface area contributed by atoms with Gasteiger partial charge in [0.2, 0.25) is 0 Å². The second kappa shape index (κ2) is 8.47. The van der Waals surface area contributed by atoms with Crippen molar-refractivity contribution in [1.82, 2.24) is 0 Å². The van der Waals surface area contributed by atoms with Crippen LogP contribution in [-0.4, -0.2) is 13.1 Å². The number of rotatable bonds is 4. The minimum absolute atomic E-state index is 0. The van der Waals surface area contributed by atoms with Gasteiger partial charge in [0.15, 0.2) is 0 Å². The van der Waals surface area contributed by atoms with Crippen LogP contribution in [0.4, 0.5) is 0 Å². The van der Waals surface area contributed by atoms with Crippen molar-refractivity contribution in [2.75, 3.05) is 6.61 Å². The van der Waals surface area contributed by atoms with E-state index in [1.807, 2.05) is 0 Å². The largest absolute Gasteiger partial charge is 1.00 e. The van der Waals surface area contributed by atoms with E-state index in [4.69, 9.17) is 0 Å². The number of carbonyl (C=O) groups excluding carboxylic acids is 1. The van der Waals surface area contributed by atoms with Gasteiger partial charge in [-0.25, -0.2) is 0 Å². The van der Waals surface area contributed by atoms with Crippen LogP contribution in [0.5, 0.6) is 0 Å². The zero-order valence-corrected chi connectivity index (χ0v) is 8.39. The third-order valence-corrected chi connectivity index (χ3v) is 0.881. The fourth-order valence-electron chi connectivity index (χ4n) is 0.352. The molecule has 0 rings (SSSR count). The average Bonchev–Trinajstić information content (AvgIpc) is 1.66. The first-order valence-corrected chi connectivity index (χ1v) is 2.82. The second-order valence-corrected chi connectivity index (χ2v) is 2.15. The van der Waals surface area contributed by atoms with Gasteiger partial charge < -0.3 is 6.16 Å². The molecule has 0 N–H and O–H groups in total. The number of ether oxygens (including phenoxy) is 1. The van der Waals surface area contributed by atoms with Crippen molar-refractivity contribution in [2.45, 2.75) is 20.3 Å². The fourth-order valence-corrected chi connectivity index (χ4v) is 0.352. The van der Waals surface area contributed by atoms with Gasteiger partial charge in [0.1, 0.15) is 0 Å². The summed E-state index contributed by atoms with van der Waals surface area (Å²) in [5.41, 5.74) is 0. The third-order valence-electron chi connectivity index (χ3n) is 0.881. The van der Waals surface area contributed by atoms with Crippen molar-refractivity contribution in [3.8, 4) is 0 Å². The molecule has 0 amide bonds. The second-order valence-electron chi connectivity index (χ2n) is 2.15. The van der Waals surface area contributed by atoms with E-state index in [1.165, 1.54) is 0 Å². The van der Waals surface area contributed by atoms with E-state index in [9.17, 15) is 4.79 Å². The maximum absolute atomic E-state index is 9.56. The smallest absolute Gasteiger partial charge is 1.00 e. The SMILES string of the molecule is CC(C)CCOC=O.[H-].[Na+]. The van der Waals surface area contributed by atoms with Gasteiger partial charge in [-0.05, 0) is 12.3 Å². The van der Waals surface area contributed by atoms with Crippen LogP contribution in [0, 0.1) is 5.92 Å². The monoisotopic (exact) mass is 140 g/mol. The quantitative estimate of drug-likeness (QED) is 0.265. The maximum atomic E-state index is 9.56. The summed E-state index contributed by atoms with van der Waals surface area (Å²) in [6.45, 7) is 5.23. The Morgan fingerprint density at radius 3 is 2.56 bits per heavy atom. The summed E-state index contributed by atoms with van der Waals surface area (Å²) in [4.78, 5) is 9.56. The molecule has 0 bridgehead atoms. The van der Waals surface area contributed by atoms with Gasteiger partial charge in [0, 0.05) is 0 Å². The van der Waals surface area contributed by atoms with Crippen LogP contribution < -0.4 is 29.6 Å².